The highest BCUT2D eigenvalue weighted by molar-refractivity contribution is 7.92. The maximum Gasteiger partial charge on any atom is 0.264 e. The van der Waals surface area contributed by atoms with Gasteiger partial charge in [0, 0.05) is 5.69 Å². The van der Waals surface area contributed by atoms with Gasteiger partial charge in [-0.2, -0.15) is 0 Å². The number of halogens is 1. The lowest BCUT2D eigenvalue weighted by Crippen LogP contribution is -2.38. The molecule has 0 aromatic heterocycles. The Morgan fingerprint density at radius 1 is 0.969 bits per heavy atom. The molecular formula is C24H25FN2O4S. The van der Waals surface area contributed by atoms with Crippen LogP contribution in [0.1, 0.15) is 25.3 Å². The Balaban J connectivity index is 1.88. The standard InChI is InChI=1S/C24H25FN2O4S/c1-17(2)18-4-8-20(9-5-18)26-24(28)16-27(21-10-6-19(25)7-11-21)32(29,30)23-14-12-22(31-3)13-15-23/h4-15,17H,16H2,1-3H3,(H,26,28). The van der Waals surface area contributed by atoms with Crippen molar-refractivity contribution in [3.8, 4) is 5.75 Å². The van der Waals surface area contributed by atoms with Gasteiger partial charge in [-0.25, -0.2) is 12.8 Å². The predicted molar refractivity (Wildman–Crippen MR) is 123 cm³/mol. The van der Waals surface area contributed by atoms with Crippen molar-refractivity contribution in [2.24, 2.45) is 0 Å². The number of sulfonamides is 1. The number of carbonyl (C=O) groups is 1. The molecule has 0 aliphatic heterocycles. The third-order valence-corrected chi connectivity index (χ3v) is 6.70. The SMILES string of the molecule is COc1ccc(S(=O)(=O)N(CC(=O)Nc2ccc(C(C)C)cc2)c2ccc(F)cc2)cc1. The number of hydrogen-bond donors (Lipinski definition) is 1. The maximum absolute atomic E-state index is 13.4. The Kier molecular flexibility index (Phi) is 7.15. The number of carbonyl (C=O) groups excluding carboxylic acids is 1. The average molecular weight is 457 g/mol. The summed E-state index contributed by atoms with van der Waals surface area (Å²) < 4.78 is 46.1. The van der Waals surface area contributed by atoms with E-state index in [1.54, 1.807) is 12.1 Å². The second kappa shape index (κ2) is 9.82. The van der Waals surface area contributed by atoms with Crippen LogP contribution in [0.4, 0.5) is 15.8 Å². The van der Waals surface area contributed by atoms with E-state index in [2.05, 4.69) is 19.2 Å². The molecule has 0 aliphatic carbocycles. The second-order valence-electron chi connectivity index (χ2n) is 7.49. The average Bonchev–Trinajstić information content (AvgIpc) is 2.78. The van der Waals surface area contributed by atoms with Crippen LogP contribution in [0.25, 0.3) is 0 Å². The molecule has 0 bridgehead atoms. The molecule has 6 nitrogen and oxygen atoms in total. The summed E-state index contributed by atoms with van der Waals surface area (Å²) in [6.45, 7) is 3.66. The first-order chi connectivity index (χ1) is 15.2. The number of hydrogen-bond acceptors (Lipinski definition) is 4. The molecule has 3 aromatic carbocycles. The zero-order valence-corrected chi connectivity index (χ0v) is 18.9. The van der Waals surface area contributed by atoms with E-state index in [0.29, 0.717) is 17.4 Å². The quantitative estimate of drug-likeness (QED) is 0.529. The predicted octanol–water partition coefficient (Wildman–Crippen LogP) is 4.79. The van der Waals surface area contributed by atoms with Crippen LogP contribution in [0.2, 0.25) is 0 Å². The van der Waals surface area contributed by atoms with Gasteiger partial charge in [-0.1, -0.05) is 26.0 Å². The summed E-state index contributed by atoms with van der Waals surface area (Å²) in [5.74, 6) is -0.183. The molecule has 0 spiro atoms. The number of anilines is 2. The number of methoxy groups -OCH3 is 1. The van der Waals surface area contributed by atoms with Crippen molar-refractivity contribution in [1.82, 2.24) is 0 Å². The Labute approximate surface area is 187 Å². The molecule has 0 saturated carbocycles. The lowest BCUT2D eigenvalue weighted by molar-refractivity contribution is -0.114. The van der Waals surface area contributed by atoms with Crippen molar-refractivity contribution in [3.63, 3.8) is 0 Å². The van der Waals surface area contributed by atoms with Crippen LogP contribution >= 0.6 is 0 Å². The van der Waals surface area contributed by atoms with Gasteiger partial charge in [0.05, 0.1) is 17.7 Å². The van der Waals surface area contributed by atoms with Crippen LogP contribution in [0.15, 0.2) is 77.7 Å². The summed E-state index contributed by atoms with van der Waals surface area (Å²) in [7, 11) is -2.62. The van der Waals surface area contributed by atoms with E-state index in [0.717, 1.165) is 22.0 Å². The normalized spacial score (nSPS) is 11.3. The Hall–Kier alpha value is -3.39. The summed E-state index contributed by atoms with van der Waals surface area (Å²) in [5, 5.41) is 2.72. The smallest absolute Gasteiger partial charge is 0.264 e. The van der Waals surface area contributed by atoms with Crippen LogP contribution in [0.3, 0.4) is 0 Å². The van der Waals surface area contributed by atoms with Crippen LogP contribution < -0.4 is 14.4 Å². The lowest BCUT2D eigenvalue weighted by atomic mass is 10.0. The van der Waals surface area contributed by atoms with Crippen molar-refractivity contribution in [2.45, 2.75) is 24.7 Å². The van der Waals surface area contributed by atoms with Gasteiger partial charge in [0.1, 0.15) is 18.1 Å². The molecule has 1 amide bonds. The second-order valence-corrected chi connectivity index (χ2v) is 9.35. The van der Waals surface area contributed by atoms with Gasteiger partial charge in [-0.15, -0.1) is 0 Å². The molecule has 3 aromatic rings. The third kappa shape index (κ3) is 5.45. The first kappa shape index (κ1) is 23.3. The van der Waals surface area contributed by atoms with E-state index in [9.17, 15) is 17.6 Å². The molecule has 0 saturated heterocycles. The highest BCUT2D eigenvalue weighted by atomic mass is 32.2. The Bertz CT molecular complexity index is 1160. The molecule has 0 unspecified atom stereocenters. The Morgan fingerprint density at radius 2 is 1.56 bits per heavy atom. The van der Waals surface area contributed by atoms with E-state index in [-0.39, 0.29) is 10.6 Å². The van der Waals surface area contributed by atoms with E-state index in [1.165, 1.54) is 43.5 Å². The fourth-order valence-corrected chi connectivity index (χ4v) is 4.50. The molecule has 0 atom stereocenters. The number of ether oxygens (including phenoxy) is 1. The van der Waals surface area contributed by atoms with Crippen molar-refractivity contribution < 1.29 is 22.3 Å². The first-order valence-corrected chi connectivity index (χ1v) is 11.5. The van der Waals surface area contributed by atoms with Gasteiger partial charge in [0.15, 0.2) is 0 Å². The molecule has 0 aliphatic rings. The van der Waals surface area contributed by atoms with Crippen LogP contribution in [-0.4, -0.2) is 28.0 Å². The van der Waals surface area contributed by atoms with Crippen molar-refractivity contribution >= 4 is 27.3 Å². The monoisotopic (exact) mass is 456 g/mol. The van der Waals surface area contributed by atoms with Crippen LogP contribution in [0, 0.1) is 5.82 Å². The van der Waals surface area contributed by atoms with Gasteiger partial charge >= 0.3 is 0 Å². The molecule has 0 heterocycles. The van der Waals surface area contributed by atoms with E-state index in [1.807, 2.05) is 12.1 Å². The van der Waals surface area contributed by atoms with Crippen molar-refractivity contribution in [1.29, 1.82) is 0 Å². The van der Waals surface area contributed by atoms with Crippen LogP contribution in [0.5, 0.6) is 5.75 Å². The summed E-state index contributed by atoms with van der Waals surface area (Å²) in [6.07, 6.45) is 0. The zero-order chi connectivity index (χ0) is 23.3. The maximum atomic E-state index is 13.4. The van der Waals surface area contributed by atoms with E-state index in [4.69, 9.17) is 4.74 Å². The van der Waals surface area contributed by atoms with Crippen molar-refractivity contribution in [3.05, 3.63) is 84.2 Å². The molecule has 1 N–H and O–H groups in total. The molecule has 0 radical (unpaired) electrons. The van der Waals surface area contributed by atoms with Gasteiger partial charge in [0.2, 0.25) is 5.91 Å². The molecule has 8 heteroatoms. The summed E-state index contributed by atoms with van der Waals surface area (Å²) in [4.78, 5) is 12.7. The highest BCUT2D eigenvalue weighted by Gasteiger charge is 2.27. The van der Waals surface area contributed by atoms with E-state index < -0.39 is 28.3 Å². The molecule has 0 fully saturated rings. The first-order valence-electron chi connectivity index (χ1n) is 10.0. The number of nitrogens with one attached hydrogen (secondary N) is 1. The molecule has 3 rings (SSSR count). The number of benzene rings is 3. The summed E-state index contributed by atoms with van der Waals surface area (Å²) in [6, 6.07) is 18.1. The fraction of sp³-hybridized carbons (Fsp3) is 0.208. The fourth-order valence-electron chi connectivity index (χ4n) is 3.08. The number of amides is 1. The Morgan fingerprint density at radius 3 is 2.09 bits per heavy atom. The minimum absolute atomic E-state index is 0.0169. The van der Waals surface area contributed by atoms with Gasteiger partial charge in [-0.05, 0) is 72.1 Å². The van der Waals surface area contributed by atoms with Gasteiger partial charge in [0.25, 0.3) is 10.0 Å². The topological polar surface area (TPSA) is 75.7 Å². The molecule has 168 valence electrons. The third-order valence-electron chi connectivity index (χ3n) is 4.91. The van der Waals surface area contributed by atoms with Crippen molar-refractivity contribution in [2.75, 3.05) is 23.3 Å². The largest absolute Gasteiger partial charge is 0.497 e. The lowest BCUT2D eigenvalue weighted by Gasteiger charge is -2.24. The van der Waals surface area contributed by atoms with Crippen LogP contribution in [-0.2, 0) is 14.8 Å². The molecular weight excluding hydrogens is 431 g/mol. The van der Waals surface area contributed by atoms with Gasteiger partial charge < -0.3 is 10.1 Å². The zero-order valence-electron chi connectivity index (χ0n) is 18.1. The summed E-state index contributed by atoms with van der Waals surface area (Å²) >= 11 is 0. The highest BCUT2D eigenvalue weighted by Crippen LogP contribution is 2.26. The summed E-state index contributed by atoms with van der Waals surface area (Å²) in [5.41, 5.74) is 1.85. The molecule has 32 heavy (non-hydrogen) atoms. The number of nitrogens with zero attached hydrogens (tertiary/aromatic N) is 1. The minimum atomic E-state index is -4.10. The number of rotatable bonds is 8. The van der Waals surface area contributed by atoms with Gasteiger partial charge in [-0.3, -0.25) is 9.10 Å². The van der Waals surface area contributed by atoms with E-state index >= 15 is 0 Å². The minimum Gasteiger partial charge on any atom is -0.497 e.